The molecule has 12 heterocycles. The molecule has 12 rings (SSSR count). The Bertz CT molecular complexity index is 2220. The molecule has 0 amide bonds. The lowest BCUT2D eigenvalue weighted by Crippen LogP contribution is -2.51. The lowest BCUT2D eigenvalue weighted by Gasteiger charge is -2.34. The van der Waals surface area contributed by atoms with E-state index in [0.717, 1.165) is 160 Å². The van der Waals surface area contributed by atoms with Crippen LogP contribution < -0.4 is 10.0 Å². The smallest absolute Gasteiger partial charge is 0.219 e. The van der Waals surface area contributed by atoms with Crippen LogP contribution >= 0.6 is 0 Å². The van der Waals surface area contributed by atoms with Crippen LogP contribution in [0.3, 0.4) is 0 Å². The second kappa shape index (κ2) is 43.0. The topological polar surface area (TPSA) is 313 Å². The zero-order valence-electron chi connectivity index (χ0n) is 51.7. The Labute approximate surface area is 520 Å². The molecule has 35 heteroatoms. The fourth-order valence-corrected chi connectivity index (χ4v) is 16.0. The second-order valence-corrected chi connectivity index (χ2v) is 33.0. The summed E-state index contributed by atoms with van der Waals surface area (Å²) in [6, 6.07) is 0. The van der Waals surface area contributed by atoms with Crippen molar-refractivity contribution in [2.45, 2.75) is 103 Å². The molecule has 12 aliphatic heterocycles. The van der Waals surface area contributed by atoms with Crippen molar-refractivity contribution in [3.63, 3.8) is 0 Å². The first kappa shape index (κ1) is 76.7. The number of hydrogen-bond donors (Lipinski definition) is 2. The summed E-state index contributed by atoms with van der Waals surface area (Å²) in [5.41, 5.74) is 0. The third kappa shape index (κ3) is 34.1. The van der Waals surface area contributed by atoms with Gasteiger partial charge < -0.3 is 47.4 Å². The first-order chi connectivity index (χ1) is 41.8. The molecule has 514 valence electrons. The van der Waals surface area contributed by atoms with E-state index in [0.29, 0.717) is 38.2 Å². The van der Waals surface area contributed by atoms with Gasteiger partial charge >= 0.3 is 0 Å². The van der Waals surface area contributed by atoms with E-state index in [4.69, 9.17) is 47.4 Å². The number of piperidine rings is 2. The van der Waals surface area contributed by atoms with Crippen molar-refractivity contribution >= 4 is 49.9 Å². The third-order valence-corrected chi connectivity index (χ3v) is 23.2. The van der Waals surface area contributed by atoms with Crippen molar-refractivity contribution < 1.29 is 89.5 Å². The normalized spacial score (nSPS) is 28.5. The Morgan fingerprint density at radius 2 is 0.736 bits per heavy atom. The van der Waals surface area contributed by atoms with Gasteiger partial charge in [-0.25, -0.2) is 42.1 Å². The summed E-state index contributed by atoms with van der Waals surface area (Å²) in [5, 5.41) is 3.06. The summed E-state index contributed by atoms with van der Waals surface area (Å²) in [4.78, 5) is 11.8. The van der Waals surface area contributed by atoms with Gasteiger partial charge in [-0.3, -0.25) is 29.8 Å². The molecule has 30 nitrogen and oxygen atoms in total. The van der Waals surface area contributed by atoms with Crippen LogP contribution in [-0.2, 0) is 97.3 Å². The van der Waals surface area contributed by atoms with E-state index in [1.165, 1.54) is 75.3 Å². The van der Waals surface area contributed by atoms with Gasteiger partial charge in [0.2, 0.25) is 40.1 Å². The van der Waals surface area contributed by atoms with E-state index in [-0.39, 0.29) is 69.3 Å². The molecule has 87 heavy (non-hydrogen) atoms. The average molecular weight is 1350 g/mol. The van der Waals surface area contributed by atoms with Gasteiger partial charge in [-0.2, -0.15) is 17.6 Å². The maximum atomic E-state index is 11.7. The Morgan fingerprint density at radius 3 is 1.03 bits per heavy atom. The third-order valence-electron chi connectivity index (χ3n) is 14.9. The van der Waals surface area contributed by atoms with Crippen molar-refractivity contribution in [1.82, 2.24) is 47.5 Å². The van der Waals surface area contributed by atoms with Crippen molar-refractivity contribution in [2.24, 2.45) is 0 Å². The van der Waals surface area contributed by atoms with E-state index >= 15 is 0 Å². The van der Waals surface area contributed by atoms with E-state index in [1.807, 2.05) is 0 Å². The van der Waals surface area contributed by atoms with Crippen LogP contribution in [0.2, 0.25) is 0 Å². The summed E-state index contributed by atoms with van der Waals surface area (Å²) in [7, 11) is -15.5. The maximum Gasteiger partial charge on any atom is 0.219 e. The van der Waals surface area contributed by atoms with Crippen LogP contribution in [-0.4, -0.2) is 319 Å². The molecule has 0 saturated carbocycles. The molecule has 12 fully saturated rings. The lowest BCUT2D eigenvalue weighted by atomic mass is 10.1. The van der Waals surface area contributed by atoms with Gasteiger partial charge in [0.25, 0.3) is 0 Å². The van der Waals surface area contributed by atoms with Crippen LogP contribution in [0.5, 0.6) is 0 Å². The van der Waals surface area contributed by atoms with Crippen LogP contribution in [0.1, 0.15) is 96.8 Å². The van der Waals surface area contributed by atoms with Gasteiger partial charge in [-0.1, -0.05) is 19.3 Å². The summed E-state index contributed by atoms with van der Waals surface area (Å²) in [6.45, 7) is 23.4. The Morgan fingerprint density at radius 1 is 0.345 bits per heavy atom. The Balaban J connectivity index is 0.000000185. The molecular formula is C52H106N10O20S5. The van der Waals surface area contributed by atoms with Crippen LogP contribution in [0.15, 0.2) is 0 Å². The number of likely N-dealkylation sites (tertiary alicyclic amines) is 2. The minimum Gasteiger partial charge on any atom is -0.366 e. The van der Waals surface area contributed by atoms with Crippen molar-refractivity contribution in [3.05, 3.63) is 0 Å². The fourth-order valence-electron chi connectivity index (χ4n) is 10.0. The van der Waals surface area contributed by atoms with Crippen LogP contribution in [0.4, 0.5) is 0 Å². The van der Waals surface area contributed by atoms with Crippen molar-refractivity contribution in [3.8, 4) is 0 Å². The minimum absolute atomic E-state index is 0.0807. The molecule has 12 aliphatic rings. The van der Waals surface area contributed by atoms with E-state index < -0.39 is 49.9 Å². The number of nitrogens with one attached hydrogen (secondary N) is 2. The highest BCUT2D eigenvalue weighted by atomic mass is 32.2. The molecule has 0 spiro atoms. The molecule has 1 unspecified atom stereocenters. The second-order valence-electron chi connectivity index (χ2n) is 22.6. The average Bonchev–Trinajstić information content (AvgIpc) is 3.43. The monoisotopic (exact) mass is 1350 g/mol. The highest BCUT2D eigenvalue weighted by molar-refractivity contribution is 7.91. The molecule has 12 saturated heterocycles. The summed E-state index contributed by atoms with van der Waals surface area (Å²) < 4.78 is 169. The number of rotatable bonds is 8. The SMILES string of the molecule is C1CCN(CN2CCCOC2)CC1.C1CNCOC1.C1COCN(CN2CCCOC2)C1.C1COCOC1.CC1NS(=O)(=O)CCO1.O=S1(=O)CCCCC1.O=S1(=O)CCOCN1CN1CCCCC1.O=S1(=O)CCOCN1CN1COCCS1(=O)=O. The largest absolute Gasteiger partial charge is 0.366 e. The Hall–Kier alpha value is -1.05. The number of sulfone groups is 1. The molecule has 1 atom stereocenters. The van der Waals surface area contributed by atoms with E-state index in [2.05, 4.69) is 34.5 Å². The summed E-state index contributed by atoms with van der Waals surface area (Å²) >= 11 is 0. The van der Waals surface area contributed by atoms with Gasteiger partial charge in [0.1, 0.15) is 43.1 Å². The zero-order chi connectivity index (χ0) is 62.5. The van der Waals surface area contributed by atoms with Gasteiger partial charge in [0.15, 0.2) is 0 Å². The predicted octanol–water partition coefficient (Wildman–Crippen LogP) is -0.153. The highest BCUT2D eigenvalue weighted by Crippen LogP contribution is 2.17. The first-order valence-corrected chi connectivity index (χ1v) is 39.4. The molecule has 0 aromatic rings. The van der Waals surface area contributed by atoms with Gasteiger partial charge in [-0.15, -0.1) is 0 Å². The van der Waals surface area contributed by atoms with E-state index in [9.17, 15) is 42.1 Å². The molecule has 0 aromatic heterocycles. The predicted molar refractivity (Wildman–Crippen MR) is 326 cm³/mol. The van der Waals surface area contributed by atoms with Gasteiger partial charge in [-0.05, 0) is 110 Å². The fraction of sp³-hybridized carbons (Fsp3) is 1.00. The summed E-state index contributed by atoms with van der Waals surface area (Å²) in [5.74, 6) is 0.807. The minimum atomic E-state index is -3.43. The number of hydrogen-bond acceptors (Lipinski definition) is 26. The number of sulfonamides is 4. The van der Waals surface area contributed by atoms with Gasteiger partial charge in [0.05, 0.1) is 128 Å². The Kier molecular flexibility index (Phi) is 37.9. The molecular weight excluding hydrogens is 1240 g/mol. The summed E-state index contributed by atoms with van der Waals surface area (Å²) in [6.07, 6.45) is 16.0. The van der Waals surface area contributed by atoms with Gasteiger partial charge in [0, 0.05) is 46.1 Å². The number of nitrogens with zero attached hydrogens (tertiary/aromatic N) is 8. The van der Waals surface area contributed by atoms with Crippen LogP contribution in [0, 0.1) is 0 Å². The van der Waals surface area contributed by atoms with Crippen molar-refractivity contribution in [2.75, 3.05) is 234 Å². The molecule has 0 aliphatic carbocycles. The molecule has 0 radical (unpaired) electrons. The zero-order valence-corrected chi connectivity index (χ0v) is 55.8. The van der Waals surface area contributed by atoms with Crippen LogP contribution in [0.25, 0.3) is 0 Å². The highest BCUT2D eigenvalue weighted by Gasteiger charge is 2.34. The molecule has 2 N–H and O–H groups in total. The number of ether oxygens (including phenoxy) is 10. The van der Waals surface area contributed by atoms with E-state index in [1.54, 1.807) is 6.92 Å². The first-order valence-electron chi connectivity index (χ1n) is 31.1. The molecule has 0 aromatic carbocycles. The van der Waals surface area contributed by atoms with Crippen molar-refractivity contribution in [1.29, 1.82) is 0 Å². The lowest BCUT2D eigenvalue weighted by molar-refractivity contribution is -0.0963. The standard InChI is InChI=1S/C10H20N2O.C9H18N2O3S.C9H18N2O2.C7H14N2O6S2.C5H10O2S.C4H9NO3S.C4H9NO.C4H8O2/c1-2-5-11(6-3-1)9-12-7-4-8-13-10-12;12-15(13)7-6-14-9-11(15)8-10-4-2-1-3-5-10;1-3-10(8-12-5-1)7-11-4-2-6-13-9-11;10-16(11)3-1-14-6-8(16)5-9-7-15-2-4-17(9,12)13;6-8(7)4-2-1-3-5-8;1-4-5-9(6,7)3-2-8-4;2*1-2-5-4-6-3-1/h1-10H2;1-9H2;1-9H2;1-7H2;1-5H2;4-5H,2-3H2,1H3;5H,1-4H2;1-4H2. The maximum absolute atomic E-state index is 11.7. The molecule has 0 bridgehead atoms. The quantitative estimate of drug-likeness (QED) is 0.319.